The van der Waals surface area contributed by atoms with Crippen LogP contribution in [0.4, 0.5) is 4.79 Å². The van der Waals surface area contributed by atoms with E-state index in [2.05, 4.69) is 5.32 Å². The monoisotopic (exact) mass is 358 g/mol. The van der Waals surface area contributed by atoms with E-state index in [1.54, 1.807) is 35.1 Å². The molecule has 0 aliphatic heterocycles. The van der Waals surface area contributed by atoms with Crippen molar-refractivity contribution in [3.05, 3.63) is 35.9 Å². The Morgan fingerprint density at radius 3 is 2.21 bits per heavy atom. The van der Waals surface area contributed by atoms with Crippen LogP contribution in [0.1, 0.15) is 12.5 Å². The molecule has 0 fully saturated rings. The van der Waals surface area contributed by atoms with Gasteiger partial charge in [-0.2, -0.15) is 4.72 Å². The summed E-state index contributed by atoms with van der Waals surface area (Å²) in [5, 5.41) is 11.2. The second-order valence-electron chi connectivity index (χ2n) is 5.00. The van der Waals surface area contributed by atoms with Gasteiger partial charge in [0.25, 0.3) is 0 Å². The van der Waals surface area contributed by atoms with Gasteiger partial charge in [0.1, 0.15) is 18.7 Å². The number of nitrogens with one attached hydrogen (secondary N) is 2. The molecule has 1 amide bonds. The molecule has 0 radical (unpaired) electrons. The second-order valence-corrected chi connectivity index (χ2v) is 6.78. The number of alkyl carbamates (subject to hydrolysis) is 1. The van der Waals surface area contributed by atoms with Crippen LogP contribution in [0.25, 0.3) is 0 Å². The molecule has 0 heterocycles. The molecule has 1 rings (SSSR count). The van der Waals surface area contributed by atoms with Crippen molar-refractivity contribution in [3.63, 3.8) is 0 Å². The highest BCUT2D eigenvalue weighted by Crippen LogP contribution is 2.03. The first-order valence-electron chi connectivity index (χ1n) is 6.78. The van der Waals surface area contributed by atoms with Crippen molar-refractivity contribution in [2.45, 2.75) is 25.6 Å². The van der Waals surface area contributed by atoms with E-state index < -0.39 is 40.0 Å². The third-order valence-corrected chi connectivity index (χ3v) is 3.55. The highest BCUT2D eigenvalue weighted by atomic mass is 32.2. The minimum absolute atomic E-state index is 0.0887. The van der Waals surface area contributed by atoms with Crippen molar-refractivity contribution >= 4 is 27.9 Å². The molecule has 2 unspecified atom stereocenters. The zero-order valence-electron chi connectivity index (χ0n) is 13.1. The Morgan fingerprint density at radius 2 is 1.75 bits per heavy atom. The molecule has 9 nitrogen and oxygen atoms in total. The lowest BCUT2D eigenvalue weighted by Crippen LogP contribution is -2.58. The van der Waals surface area contributed by atoms with E-state index in [0.717, 1.165) is 13.2 Å². The van der Waals surface area contributed by atoms with Crippen molar-refractivity contribution in [2.24, 2.45) is 0 Å². The Labute approximate surface area is 139 Å². The van der Waals surface area contributed by atoms with Gasteiger partial charge in [-0.3, -0.25) is 9.59 Å². The van der Waals surface area contributed by atoms with E-state index in [0.29, 0.717) is 5.56 Å². The summed E-state index contributed by atoms with van der Waals surface area (Å²) in [5.74, 6) is -2.35. The number of hydrogen-bond acceptors (Lipinski definition) is 6. The van der Waals surface area contributed by atoms with Gasteiger partial charge in [-0.15, -0.1) is 0 Å². The average molecular weight is 358 g/mol. The smallest absolute Gasteiger partial charge is 0.408 e. The van der Waals surface area contributed by atoms with Crippen LogP contribution in [0.5, 0.6) is 0 Å². The summed E-state index contributed by atoms with van der Waals surface area (Å²) in [7, 11) is -3.91. The summed E-state index contributed by atoms with van der Waals surface area (Å²) in [6.07, 6.45) is -0.297. The van der Waals surface area contributed by atoms with Crippen LogP contribution in [0, 0.1) is 0 Å². The molecule has 1 aromatic carbocycles. The van der Waals surface area contributed by atoms with Crippen LogP contribution >= 0.6 is 0 Å². The summed E-state index contributed by atoms with van der Waals surface area (Å²) >= 11 is 0. The molecule has 0 aliphatic carbocycles. The van der Waals surface area contributed by atoms with Crippen molar-refractivity contribution in [1.29, 1.82) is 0 Å². The standard InChI is InChI=1S/C14H18N2O7S/c1-9(17)11(12(13(18)19)16-24(2,21)22)15-14(20)23-8-10-6-4-3-5-7-10/h3-7,11-12,16H,8H2,1-2H3,(H,15,20)(H,18,19). The number of carboxylic acid groups (broad SMARTS) is 1. The van der Waals surface area contributed by atoms with E-state index in [9.17, 15) is 22.8 Å². The van der Waals surface area contributed by atoms with E-state index in [1.165, 1.54) is 0 Å². The molecule has 0 aromatic heterocycles. The number of amides is 1. The number of carboxylic acids is 1. The summed E-state index contributed by atoms with van der Waals surface area (Å²) in [4.78, 5) is 34.6. The van der Waals surface area contributed by atoms with Crippen molar-refractivity contribution in [2.75, 3.05) is 6.26 Å². The summed E-state index contributed by atoms with van der Waals surface area (Å²) in [5.41, 5.74) is 0.691. The summed E-state index contributed by atoms with van der Waals surface area (Å²) < 4.78 is 29.2. The Balaban J connectivity index is 2.78. The first-order valence-corrected chi connectivity index (χ1v) is 8.67. The van der Waals surface area contributed by atoms with Crippen LogP contribution in [0.3, 0.4) is 0 Å². The highest BCUT2D eigenvalue weighted by Gasteiger charge is 2.35. The number of hydrogen-bond donors (Lipinski definition) is 3. The van der Waals surface area contributed by atoms with E-state index in [-0.39, 0.29) is 6.61 Å². The lowest BCUT2D eigenvalue weighted by atomic mass is 10.1. The third-order valence-electron chi connectivity index (χ3n) is 2.86. The van der Waals surface area contributed by atoms with Gasteiger partial charge in [0.2, 0.25) is 10.0 Å². The molecule has 10 heteroatoms. The fourth-order valence-corrected chi connectivity index (χ4v) is 2.50. The molecular weight excluding hydrogens is 340 g/mol. The number of sulfonamides is 1. The zero-order chi connectivity index (χ0) is 18.3. The van der Waals surface area contributed by atoms with Gasteiger partial charge in [-0.1, -0.05) is 30.3 Å². The number of aliphatic carboxylic acids is 1. The van der Waals surface area contributed by atoms with Gasteiger partial charge in [-0.05, 0) is 12.5 Å². The molecule has 3 N–H and O–H groups in total. The maximum Gasteiger partial charge on any atom is 0.408 e. The molecule has 0 bridgehead atoms. The van der Waals surface area contributed by atoms with Crippen LogP contribution in [-0.4, -0.2) is 49.7 Å². The maximum atomic E-state index is 11.8. The molecule has 0 saturated heterocycles. The molecule has 0 saturated carbocycles. The Bertz CT molecular complexity index is 703. The number of Topliss-reactive ketones (excluding diaryl/α,β-unsaturated/α-hetero) is 1. The van der Waals surface area contributed by atoms with Gasteiger partial charge in [-0.25, -0.2) is 13.2 Å². The van der Waals surface area contributed by atoms with Crippen LogP contribution in [0.2, 0.25) is 0 Å². The molecule has 132 valence electrons. The molecule has 24 heavy (non-hydrogen) atoms. The number of benzene rings is 1. The largest absolute Gasteiger partial charge is 0.480 e. The number of carbonyl (C=O) groups excluding carboxylic acids is 2. The summed E-state index contributed by atoms with van der Waals surface area (Å²) in [6, 6.07) is 5.23. The molecular formula is C14H18N2O7S. The number of rotatable bonds is 8. The lowest BCUT2D eigenvalue weighted by Gasteiger charge is -2.22. The quantitative estimate of drug-likeness (QED) is 0.588. The second kappa shape index (κ2) is 8.41. The normalized spacial score (nSPS) is 13.6. The van der Waals surface area contributed by atoms with Crippen LogP contribution in [0.15, 0.2) is 30.3 Å². The lowest BCUT2D eigenvalue weighted by molar-refractivity contribution is -0.141. The van der Waals surface area contributed by atoms with E-state index in [4.69, 9.17) is 9.84 Å². The predicted octanol–water partition coefficient (Wildman–Crippen LogP) is -0.127. The van der Waals surface area contributed by atoms with Gasteiger partial charge >= 0.3 is 12.1 Å². The highest BCUT2D eigenvalue weighted by molar-refractivity contribution is 7.88. The Kier molecular flexibility index (Phi) is 6.86. The Hall–Kier alpha value is -2.46. The third kappa shape index (κ3) is 6.75. The minimum atomic E-state index is -3.91. The fourth-order valence-electron chi connectivity index (χ4n) is 1.80. The fraction of sp³-hybridized carbons (Fsp3) is 0.357. The molecule has 0 aliphatic rings. The van der Waals surface area contributed by atoms with Gasteiger partial charge < -0.3 is 15.2 Å². The topological polar surface area (TPSA) is 139 Å². The van der Waals surface area contributed by atoms with Crippen molar-refractivity contribution in [3.8, 4) is 0 Å². The van der Waals surface area contributed by atoms with Crippen LogP contribution < -0.4 is 10.0 Å². The maximum absolute atomic E-state index is 11.8. The number of ketones is 1. The first kappa shape index (κ1) is 19.6. The molecule has 2 atom stereocenters. The minimum Gasteiger partial charge on any atom is -0.480 e. The van der Waals surface area contributed by atoms with Gasteiger partial charge in [0.05, 0.1) is 6.26 Å². The first-order chi connectivity index (χ1) is 11.1. The van der Waals surface area contributed by atoms with Crippen molar-refractivity contribution in [1.82, 2.24) is 10.0 Å². The van der Waals surface area contributed by atoms with Crippen molar-refractivity contribution < 1.29 is 32.6 Å². The number of ether oxygens (including phenoxy) is 1. The SMILES string of the molecule is CC(=O)C(NC(=O)OCc1ccccc1)C(NS(C)(=O)=O)C(=O)O. The van der Waals surface area contributed by atoms with Gasteiger partial charge in [0.15, 0.2) is 5.78 Å². The van der Waals surface area contributed by atoms with Crippen LogP contribution in [-0.2, 0) is 31.0 Å². The number of carbonyl (C=O) groups is 3. The molecule has 0 spiro atoms. The Morgan fingerprint density at radius 1 is 1.17 bits per heavy atom. The predicted molar refractivity (Wildman–Crippen MR) is 83.6 cm³/mol. The van der Waals surface area contributed by atoms with E-state index >= 15 is 0 Å². The molecule has 1 aromatic rings. The zero-order valence-corrected chi connectivity index (χ0v) is 13.9. The average Bonchev–Trinajstić information content (AvgIpc) is 2.48. The summed E-state index contributed by atoms with van der Waals surface area (Å²) in [6.45, 7) is 0.941. The van der Waals surface area contributed by atoms with E-state index in [1.807, 2.05) is 0 Å². The van der Waals surface area contributed by atoms with Gasteiger partial charge in [0, 0.05) is 0 Å².